The monoisotopic (exact) mass is 718 g/mol. The van der Waals surface area contributed by atoms with Crippen LogP contribution >= 0.6 is 11.6 Å². The molecule has 0 unspecified atom stereocenters. The summed E-state index contributed by atoms with van der Waals surface area (Å²) in [4.78, 5) is 40.4. The van der Waals surface area contributed by atoms with Crippen molar-refractivity contribution >= 4 is 29.3 Å². The Morgan fingerprint density at radius 3 is 2.51 bits per heavy atom. The van der Waals surface area contributed by atoms with Crippen molar-refractivity contribution in [2.75, 3.05) is 45.8 Å². The predicted molar refractivity (Wildman–Crippen MR) is 205 cm³/mol. The van der Waals surface area contributed by atoms with Crippen molar-refractivity contribution in [1.82, 2.24) is 20.0 Å². The van der Waals surface area contributed by atoms with E-state index in [4.69, 9.17) is 27.1 Å². The number of carbonyl (C=O) groups is 2. The second kappa shape index (κ2) is 18.7. The van der Waals surface area contributed by atoms with E-state index in [1.807, 2.05) is 47.4 Å². The minimum absolute atomic E-state index is 0.0491. The third-order valence-corrected chi connectivity index (χ3v) is 11.8. The van der Waals surface area contributed by atoms with E-state index in [0.717, 1.165) is 69.2 Å². The fourth-order valence-electron chi connectivity index (χ4n) is 8.45. The lowest BCUT2D eigenvalue weighted by atomic mass is 9.85. The standard InChI is InChI=1S/C41H59ClN6O3/c1-30-39(33-12-4-2-5-13-33)51-41(44-30)47-25-26-48(37(29-47)38(49)21-18-31-11-10-14-34(42)27-31)40(50)36(45-35-19-16-32(28-43)17-20-35)15-6-9-24-46-22-7-3-8-23-46/h2,4-5,10-14,27,30,32,35-37,39,45H,3,6-9,15-26,28-29,43H2,1H3/t30-,32?,35?,36+,37-,39+/m0/s1. The van der Waals surface area contributed by atoms with Crippen LogP contribution < -0.4 is 11.1 Å². The molecule has 0 spiro atoms. The van der Waals surface area contributed by atoms with Crippen molar-refractivity contribution in [2.45, 2.75) is 114 Å². The van der Waals surface area contributed by atoms with Gasteiger partial charge in [-0.25, -0.2) is 4.99 Å². The number of nitrogens with zero attached hydrogens (tertiary/aromatic N) is 4. The molecule has 3 N–H and O–H groups in total. The highest BCUT2D eigenvalue weighted by Gasteiger charge is 2.41. The van der Waals surface area contributed by atoms with Gasteiger partial charge in [-0.15, -0.1) is 0 Å². The van der Waals surface area contributed by atoms with Gasteiger partial charge in [0.15, 0.2) is 5.78 Å². The van der Waals surface area contributed by atoms with Crippen LogP contribution in [0.2, 0.25) is 5.02 Å². The number of piperidine rings is 1. The molecule has 51 heavy (non-hydrogen) atoms. The van der Waals surface area contributed by atoms with Crippen molar-refractivity contribution in [3.05, 3.63) is 70.7 Å². The molecule has 0 bridgehead atoms. The van der Waals surface area contributed by atoms with Crippen molar-refractivity contribution in [1.29, 1.82) is 0 Å². The molecule has 4 aliphatic rings. The summed E-state index contributed by atoms with van der Waals surface area (Å²) in [7, 11) is 0. The zero-order valence-corrected chi connectivity index (χ0v) is 31.3. The van der Waals surface area contributed by atoms with Gasteiger partial charge >= 0.3 is 0 Å². The molecule has 3 aliphatic heterocycles. The molecule has 278 valence electrons. The van der Waals surface area contributed by atoms with E-state index in [9.17, 15) is 9.59 Å². The smallest absolute Gasteiger partial charge is 0.288 e. The molecule has 10 heteroatoms. The number of hydrogen-bond donors (Lipinski definition) is 2. The molecule has 1 aliphatic carbocycles. The SMILES string of the molecule is C[C@@H]1N=C(N2CCN(C(=O)[C@@H](CCCCN3CCCCC3)NC3CCC(CN)CC3)[C@H](C(=O)CCc3cccc(Cl)c3)C2)O[C@H]1c1ccccc1. The Morgan fingerprint density at radius 2 is 1.76 bits per heavy atom. The first-order valence-electron chi connectivity index (χ1n) is 19.7. The van der Waals surface area contributed by atoms with Gasteiger partial charge in [0.05, 0.1) is 12.1 Å². The molecule has 1 amide bonds. The maximum Gasteiger partial charge on any atom is 0.288 e. The van der Waals surface area contributed by atoms with Gasteiger partial charge < -0.3 is 30.5 Å². The summed E-state index contributed by atoms with van der Waals surface area (Å²) in [5.41, 5.74) is 8.11. The first-order chi connectivity index (χ1) is 24.9. The Labute approximate surface area is 310 Å². The predicted octanol–water partition coefficient (Wildman–Crippen LogP) is 6.00. The van der Waals surface area contributed by atoms with Crippen LogP contribution in [0.25, 0.3) is 0 Å². The van der Waals surface area contributed by atoms with Crippen LogP contribution in [0.3, 0.4) is 0 Å². The first kappa shape index (κ1) is 37.8. The number of nitrogens with two attached hydrogens (primary N) is 1. The minimum atomic E-state index is -0.589. The molecule has 9 nitrogen and oxygen atoms in total. The Balaban J connectivity index is 1.17. The normalized spacial score (nSPS) is 26.4. The van der Waals surface area contributed by atoms with Crippen LogP contribution in [0.4, 0.5) is 0 Å². The number of amidine groups is 1. The first-order valence-corrected chi connectivity index (χ1v) is 20.1. The summed E-state index contributed by atoms with van der Waals surface area (Å²) < 4.78 is 6.47. The number of aliphatic imine (C=N–C) groups is 1. The molecule has 1 saturated carbocycles. The Morgan fingerprint density at radius 1 is 0.980 bits per heavy atom. The molecule has 3 fully saturated rings. The Kier molecular flexibility index (Phi) is 13.8. The van der Waals surface area contributed by atoms with Gasteiger partial charge in [-0.05, 0) is 120 Å². The number of piperazine rings is 1. The summed E-state index contributed by atoms with van der Waals surface area (Å²) in [6, 6.07) is 17.8. The highest BCUT2D eigenvalue weighted by Crippen LogP contribution is 2.31. The molecule has 3 heterocycles. The van der Waals surface area contributed by atoms with Crippen LogP contribution in [-0.2, 0) is 20.7 Å². The van der Waals surface area contributed by atoms with Crippen molar-refractivity contribution < 1.29 is 14.3 Å². The van der Waals surface area contributed by atoms with E-state index < -0.39 is 6.04 Å². The van der Waals surface area contributed by atoms with Gasteiger partial charge in [-0.1, -0.05) is 66.9 Å². The largest absolute Gasteiger partial charge is 0.455 e. The average Bonchev–Trinajstić information content (AvgIpc) is 3.57. The van der Waals surface area contributed by atoms with E-state index in [1.165, 1.54) is 32.4 Å². The fourth-order valence-corrected chi connectivity index (χ4v) is 8.66. The van der Waals surface area contributed by atoms with Gasteiger partial charge in [-0.2, -0.15) is 0 Å². The lowest BCUT2D eigenvalue weighted by Gasteiger charge is -2.43. The van der Waals surface area contributed by atoms with Gasteiger partial charge in [0.25, 0.3) is 6.02 Å². The van der Waals surface area contributed by atoms with Crippen LogP contribution in [0.1, 0.15) is 94.8 Å². The number of unbranched alkanes of at least 4 members (excludes halogenated alkanes) is 1. The summed E-state index contributed by atoms with van der Waals surface area (Å²) >= 11 is 6.27. The van der Waals surface area contributed by atoms with Gasteiger partial charge in [0.1, 0.15) is 12.1 Å². The van der Waals surface area contributed by atoms with Gasteiger partial charge in [-0.3, -0.25) is 9.59 Å². The minimum Gasteiger partial charge on any atom is -0.455 e. The number of hydrogen-bond acceptors (Lipinski definition) is 8. The summed E-state index contributed by atoms with van der Waals surface area (Å²) in [6.07, 6.45) is 11.7. The number of likely N-dealkylation sites (tertiary alicyclic amines) is 1. The topological polar surface area (TPSA) is 104 Å². The molecule has 2 aromatic carbocycles. The van der Waals surface area contributed by atoms with Crippen molar-refractivity contribution in [3.63, 3.8) is 0 Å². The fraction of sp³-hybridized carbons (Fsp3) is 0.634. The second-order valence-electron chi connectivity index (χ2n) is 15.3. The number of ether oxygens (including phenoxy) is 1. The van der Waals surface area contributed by atoms with E-state index >= 15 is 0 Å². The van der Waals surface area contributed by atoms with Gasteiger partial charge in [0.2, 0.25) is 5.91 Å². The zero-order valence-electron chi connectivity index (χ0n) is 30.6. The van der Waals surface area contributed by atoms with Crippen molar-refractivity contribution in [3.8, 4) is 0 Å². The third kappa shape index (κ3) is 10.3. The number of Topliss-reactive ketones (excluding diaryl/α,β-unsaturated/α-hetero) is 1. The molecule has 2 aromatic rings. The molecule has 0 radical (unpaired) electrons. The Bertz CT molecular complexity index is 1440. The summed E-state index contributed by atoms with van der Waals surface area (Å²) in [6.45, 7) is 7.66. The number of amides is 1. The number of carbonyl (C=O) groups excluding carboxylic acids is 2. The molecule has 2 saturated heterocycles. The zero-order chi connectivity index (χ0) is 35.6. The number of rotatable bonds is 14. The molecule has 6 rings (SSSR count). The molecule has 0 aromatic heterocycles. The van der Waals surface area contributed by atoms with E-state index in [-0.39, 0.29) is 29.9 Å². The summed E-state index contributed by atoms with van der Waals surface area (Å²) in [5.74, 6) is 0.687. The number of aryl methyl sites for hydroxylation is 1. The molecular weight excluding hydrogens is 660 g/mol. The maximum atomic E-state index is 14.7. The van der Waals surface area contributed by atoms with Crippen LogP contribution in [-0.4, -0.2) is 102 Å². The van der Waals surface area contributed by atoms with E-state index in [2.05, 4.69) is 34.2 Å². The number of nitrogens with one attached hydrogen (secondary N) is 1. The number of halogens is 1. The second-order valence-corrected chi connectivity index (χ2v) is 15.7. The lowest BCUT2D eigenvalue weighted by Crippen LogP contribution is -2.63. The molecular formula is C41H59ClN6O3. The third-order valence-electron chi connectivity index (χ3n) is 11.5. The van der Waals surface area contributed by atoms with Crippen LogP contribution in [0, 0.1) is 5.92 Å². The lowest BCUT2D eigenvalue weighted by molar-refractivity contribution is -0.144. The van der Waals surface area contributed by atoms with Gasteiger partial charge in [0, 0.05) is 37.1 Å². The Hall–Kier alpha value is -2.98. The molecule has 4 atom stereocenters. The van der Waals surface area contributed by atoms with E-state index in [0.29, 0.717) is 55.5 Å². The van der Waals surface area contributed by atoms with Crippen LogP contribution in [0.5, 0.6) is 0 Å². The average molecular weight is 719 g/mol. The van der Waals surface area contributed by atoms with E-state index in [1.54, 1.807) is 0 Å². The number of ketones is 1. The number of benzene rings is 2. The highest BCUT2D eigenvalue weighted by atomic mass is 35.5. The highest BCUT2D eigenvalue weighted by molar-refractivity contribution is 6.30. The quantitative estimate of drug-likeness (QED) is 0.231. The summed E-state index contributed by atoms with van der Waals surface area (Å²) in [5, 5.41) is 4.48. The van der Waals surface area contributed by atoms with Crippen molar-refractivity contribution in [2.24, 2.45) is 16.6 Å². The maximum absolute atomic E-state index is 14.7. The van der Waals surface area contributed by atoms with Crippen LogP contribution in [0.15, 0.2) is 59.6 Å².